The second-order valence-corrected chi connectivity index (χ2v) is 13.0. The minimum absolute atomic E-state index is 0.0556. The molecule has 0 spiro atoms. The monoisotopic (exact) mass is 644 g/mol. The Kier molecular flexibility index (Phi) is 7.84. The number of nitrogen functional groups attached to an aromatic ring is 1. The Balaban J connectivity index is 1.12. The second kappa shape index (κ2) is 11.7. The number of nitrogens with two attached hydrogens (primary N) is 1. The molecule has 2 atom stereocenters. The third kappa shape index (κ3) is 5.33. The number of amides is 2. The summed E-state index contributed by atoms with van der Waals surface area (Å²) >= 11 is 5.43. The molecule has 2 aliphatic heterocycles. The predicted molar refractivity (Wildman–Crippen MR) is 157 cm³/mol. The summed E-state index contributed by atoms with van der Waals surface area (Å²) in [5.74, 6) is -1.64. The topological polar surface area (TPSA) is 181 Å². The summed E-state index contributed by atoms with van der Waals surface area (Å²) in [7, 11) is 1.28. The minimum Gasteiger partial charge on any atom is -0.477 e. The molecule has 0 aromatic carbocycles. The molecule has 1 unspecified atom stereocenters. The first-order valence-electron chi connectivity index (χ1n) is 12.3. The van der Waals surface area contributed by atoms with Gasteiger partial charge in [0.2, 0.25) is 0 Å². The van der Waals surface area contributed by atoms with Gasteiger partial charge in [-0.1, -0.05) is 22.0 Å². The normalized spacial score (nSPS) is 18.6. The van der Waals surface area contributed by atoms with Crippen molar-refractivity contribution in [1.82, 2.24) is 29.8 Å². The van der Waals surface area contributed by atoms with Crippen molar-refractivity contribution in [3.63, 3.8) is 0 Å². The summed E-state index contributed by atoms with van der Waals surface area (Å²) < 4.78 is 4.62. The zero-order valence-electron chi connectivity index (χ0n) is 21.7. The van der Waals surface area contributed by atoms with Crippen LogP contribution >= 0.6 is 46.2 Å². The zero-order chi connectivity index (χ0) is 29.4. The van der Waals surface area contributed by atoms with E-state index in [1.54, 1.807) is 16.1 Å². The molecule has 6 rings (SSSR count). The molecule has 4 N–H and O–H groups in total. The van der Waals surface area contributed by atoms with Gasteiger partial charge in [0.15, 0.2) is 21.4 Å². The minimum atomic E-state index is -1.20. The highest BCUT2D eigenvalue weighted by Gasteiger charge is 2.54. The Labute approximate surface area is 254 Å². The average molecular weight is 645 g/mol. The Morgan fingerprint density at radius 2 is 2.19 bits per heavy atom. The van der Waals surface area contributed by atoms with Crippen molar-refractivity contribution in [3.05, 3.63) is 64.1 Å². The first-order valence-corrected chi connectivity index (χ1v) is 16.1. The van der Waals surface area contributed by atoms with Crippen LogP contribution in [0.25, 0.3) is 5.65 Å². The van der Waals surface area contributed by atoms with Crippen molar-refractivity contribution in [2.24, 2.45) is 5.16 Å². The number of rotatable bonds is 10. The van der Waals surface area contributed by atoms with Crippen LogP contribution in [0.5, 0.6) is 0 Å². The maximum atomic E-state index is 13.1. The number of fused-ring (bicyclic) bond motifs is 2. The van der Waals surface area contributed by atoms with E-state index in [2.05, 4.69) is 20.6 Å². The second-order valence-electron chi connectivity index (χ2n) is 8.96. The van der Waals surface area contributed by atoms with Gasteiger partial charge in [-0.2, -0.15) is 0 Å². The third-order valence-electron chi connectivity index (χ3n) is 6.37. The maximum Gasteiger partial charge on any atom is 0.352 e. The van der Waals surface area contributed by atoms with Crippen LogP contribution in [0.3, 0.4) is 0 Å². The molecule has 216 valence electrons. The number of carboxylic acids is 1. The van der Waals surface area contributed by atoms with Gasteiger partial charge in [-0.25, -0.2) is 19.3 Å². The molecule has 18 heteroatoms. The number of carbonyl (C=O) groups excluding carboxylic acids is 2. The number of thioether (sulfide) groups is 2. The fourth-order valence-electron chi connectivity index (χ4n) is 4.52. The van der Waals surface area contributed by atoms with Crippen molar-refractivity contribution < 1.29 is 28.9 Å². The molecular weight excluding hydrogens is 623 g/mol. The van der Waals surface area contributed by atoms with E-state index in [1.807, 2.05) is 34.5 Å². The molecule has 0 saturated carbocycles. The van der Waals surface area contributed by atoms with Crippen LogP contribution in [0, 0.1) is 0 Å². The maximum absolute atomic E-state index is 13.1. The molecule has 4 aromatic heterocycles. The van der Waals surface area contributed by atoms with E-state index in [4.69, 9.17) is 15.6 Å². The molecule has 4 aromatic rings. The van der Waals surface area contributed by atoms with Crippen LogP contribution in [0.2, 0.25) is 0 Å². The van der Waals surface area contributed by atoms with Crippen LogP contribution in [0.4, 0.5) is 5.13 Å². The van der Waals surface area contributed by atoms with E-state index in [9.17, 15) is 19.5 Å². The lowest BCUT2D eigenvalue weighted by Gasteiger charge is -2.49. The number of nitrogens with zero attached hydrogens (tertiary/aromatic N) is 7. The van der Waals surface area contributed by atoms with Crippen LogP contribution in [0.15, 0.2) is 62.2 Å². The van der Waals surface area contributed by atoms with Crippen LogP contribution in [-0.4, -0.2) is 83.1 Å². The number of hydrogen-bond donors (Lipinski definition) is 3. The average Bonchev–Trinajstić information content (AvgIpc) is 3.73. The number of carboxylic acid groups (broad SMARTS) is 1. The van der Waals surface area contributed by atoms with Crippen LogP contribution in [-0.2, 0) is 25.8 Å². The van der Waals surface area contributed by atoms with Crippen molar-refractivity contribution in [2.75, 3.05) is 24.3 Å². The summed E-state index contributed by atoms with van der Waals surface area (Å²) in [6, 6.07) is 2.92. The van der Waals surface area contributed by atoms with E-state index >= 15 is 0 Å². The summed E-state index contributed by atoms with van der Waals surface area (Å²) in [6.45, 7) is 0.571. The molecule has 1 saturated heterocycles. The highest BCUT2D eigenvalue weighted by atomic mass is 32.2. The van der Waals surface area contributed by atoms with Gasteiger partial charge in [-0.05, 0) is 11.6 Å². The van der Waals surface area contributed by atoms with Gasteiger partial charge in [0.25, 0.3) is 11.8 Å². The SMILES string of the molecule is CO/N=C(/C(=O)N[C@@H]1C(=O)N2C(C(=O)O)=C(CSc3nc(C[n+]4ccn5ncccc54)cs3)CSC12)c1csc(N)n1. The first-order chi connectivity index (χ1) is 20.3. The number of aromatic nitrogens is 5. The van der Waals surface area contributed by atoms with E-state index in [0.29, 0.717) is 23.6 Å². The largest absolute Gasteiger partial charge is 0.477 e. The fraction of sp³-hybridized carbons (Fsp3) is 0.250. The molecule has 14 nitrogen and oxygen atoms in total. The van der Waals surface area contributed by atoms with Crippen molar-refractivity contribution >= 4 is 80.5 Å². The Hall–Kier alpha value is -4.00. The van der Waals surface area contributed by atoms with Gasteiger partial charge in [0.1, 0.15) is 42.7 Å². The number of anilines is 1. The number of carbonyl (C=O) groups is 3. The van der Waals surface area contributed by atoms with Crippen LogP contribution < -0.4 is 15.6 Å². The number of oxime groups is 1. The molecule has 1 fully saturated rings. The van der Waals surface area contributed by atoms with Crippen LogP contribution in [0.1, 0.15) is 11.4 Å². The van der Waals surface area contributed by atoms with E-state index in [-0.39, 0.29) is 22.2 Å². The Morgan fingerprint density at radius 3 is 2.95 bits per heavy atom. The lowest BCUT2D eigenvalue weighted by Crippen LogP contribution is -2.71. The van der Waals surface area contributed by atoms with Gasteiger partial charge < -0.3 is 21.0 Å². The molecule has 0 aliphatic carbocycles. The number of β-lactam (4-membered cyclic amide) rings is 1. The number of aliphatic carboxylic acids is 1. The quantitative estimate of drug-likeness (QED) is 0.0738. The summed E-state index contributed by atoms with van der Waals surface area (Å²) in [5, 5.41) is 23.9. The third-order valence-corrected chi connectivity index (χ3v) is 10.5. The number of thiazole rings is 2. The number of hydrogen-bond acceptors (Lipinski definition) is 13. The molecule has 2 aliphatic rings. The van der Waals surface area contributed by atoms with Gasteiger partial charge in [0.05, 0.1) is 11.9 Å². The lowest BCUT2D eigenvalue weighted by atomic mass is 10.0. The molecular formula is C24H22N9O5S4+. The Morgan fingerprint density at radius 1 is 1.33 bits per heavy atom. The van der Waals surface area contributed by atoms with Gasteiger partial charge in [-0.3, -0.25) is 14.5 Å². The number of nitrogens with one attached hydrogen (secondary N) is 1. The standard InChI is InChI=1S/C24H21N9O5S4/c1-38-30-16(14-11-40-23(25)28-14)19(34)29-17-20(35)33-18(22(36)37)12(8-39-21(17)33)9-41-24-27-13(10-42-24)7-31-5-6-32-15(31)3-2-4-26-32/h2-6,10-11,17,21H,7-9H2,1H3,(H3-,25,28,29,34,36,37)/p+1/b30-16+/t17-,21?/m1/s1. The van der Waals surface area contributed by atoms with E-state index in [0.717, 1.165) is 27.0 Å². The summed E-state index contributed by atoms with van der Waals surface area (Å²) in [4.78, 5) is 53.1. The molecule has 0 bridgehead atoms. The first kappa shape index (κ1) is 28.1. The predicted octanol–water partition coefficient (Wildman–Crippen LogP) is 1.05. The smallest absolute Gasteiger partial charge is 0.352 e. The van der Waals surface area contributed by atoms with E-state index in [1.165, 1.54) is 46.9 Å². The zero-order valence-corrected chi connectivity index (χ0v) is 25.0. The lowest BCUT2D eigenvalue weighted by molar-refractivity contribution is -0.662. The molecule has 0 radical (unpaired) electrons. The fourth-order valence-corrected chi connectivity index (χ4v) is 8.39. The van der Waals surface area contributed by atoms with Crippen molar-refractivity contribution in [1.29, 1.82) is 0 Å². The van der Waals surface area contributed by atoms with Crippen molar-refractivity contribution in [3.8, 4) is 0 Å². The summed E-state index contributed by atoms with van der Waals surface area (Å²) in [6.07, 6.45) is 5.54. The Bertz CT molecular complexity index is 1760. The van der Waals surface area contributed by atoms with Crippen molar-refractivity contribution in [2.45, 2.75) is 22.3 Å². The highest BCUT2D eigenvalue weighted by molar-refractivity contribution is 8.01. The van der Waals surface area contributed by atoms with E-state index < -0.39 is 29.2 Å². The van der Waals surface area contributed by atoms with Gasteiger partial charge in [0, 0.05) is 28.3 Å². The summed E-state index contributed by atoms with van der Waals surface area (Å²) in [5.41, 5.74) is 8.13. The molecule has 6 heterocycles. The molecule has 2 amide bonds. The van der Waals surface area contributed by atoms with Gasteiger partial charge in [-0.15, -0.1) is 39.0 Å². The number of imidazole rings is 1. The highest BCUT2D eigenvalue weighted by Crippen LogP contribution is 2.41. The van der Waals surface area contributed by atoms with Gasteiger partial charge >= 0.3 is 11.6 Å². The molecule has 42 heavy (non-hydrogen) atoms.